The number of aryl methyl sites for hydroxylation is 1. The maximum Gasteiger partial charge on any atom is 0.149 e. The van der Waals surface area contributed by atoms with Crippen LogP contribution in [0, 0.1) is 0 Å². The summed E-state index contributed by atoms with van der Waals surface area (Å²) < 4.78 is 2.30. The van der Waals surface area contributed by atoms with Gasteiger partial charge in [-0.2, -0.15) is 0 Å². The molecule has 3 heterocycles. The second-order valence-corrected chi connectivity index (χ2v) is 5.74. The topological polar surface area (TPSA) is 55.6 Å². The molecule has 0 fully saturated rings. The Morgan fingerprint density at radius 3 is 3.16 bits per heavy atom. The van der Waals surface area contributed by atoms with Gasteiger partial charge >= 0.3 is 0 Å². The molecular formula is C13H19N5S. The summed E-state index contributed by atoms with van der Waals surface area (Å²) in [6, 6.07) is 0.209. The molecule has 2 aromatic rings. The van der Waals surface area contributed by atoms with Crippen LogP contribution < -0.4 is 5.32 Å². The second kappa shape index (κ2) is 5.79. The van der Waals surface area contributed by atoms with Crippen molar-refractivity contribution in [2.45, 2.75) is 51.7 Å². The van der Waals surface area contributed by atoms with Gasteiger partial charge in [0, 0.05) is 24.9 Å². The monoisotopic (exact) mass is 277 g/mol. The van der Waals surface area contributed by atoms with Crippen molar-refractivity contribution in [3.05, 3.63) is 28.2 Å². The Balaban J connectivity index is 1.69. The second-order valence-electron chi connectivity index (χ2n) is 5.02. The third kappa shape index (κ3) is 2.84. The minimum absolute atomic E-state index is 0.209. The largest absolute Gasteiger partial charge is 0.314 e. The lowest BCUT2D eigenvalue weighted by atomic mass is 10.2. The van der Waals surface area contributed by atoms with Gasteiger partial charge in [0.05, 0.1) is 17.2 Å². The average Bonchev–Trinajstić information content (AvgIpc) is 3.02. The first kappa shape index (κ1) is 12.7. The quantitative estimate of drug-likeness (QED) is 0.931. The lowest BCUT2D eigenvalue weighted by molar-refractivity contribution is 0.499. The van der Waals surface area contributed by atoms with Gasteiger partial charge in [0.25, 0.3) is 0 Å². The summed E-state index contributed by atoms with van der Waals surface area (Å²) in [5, 5.41) is 14.3. The lowest BCUT2D eigenvalue weighted by Gasteiger charge is -2.14. The molecule has 6 heteroatoms. The summed E-state index contributed by atoms with van der Waals surface area (Å²) >= 11 is 1.63. The van der Waals surface area contributed by atoms with Gasteiger partial charge < -0.3 is 9.88 Å². The molecule has 5 nitrogen and oxygen atoms in total. The number of thiazole rings is 1. The molecule has 1 aliphatic rings. The molecule has 1 unspecified atom stereocenters. The van der Waals surface area contributed by atoms with Crippen molar-refractivity contribution >= 4 is 11.3 Å². The first-order valence-corrected chi connectivity index (χ1v) is 7.81. The Labute approximate surface area is 117 Å². The van der Waals surface area contributed by atoms with Gasteiger partial charge in [-0.15, -0.1) is 21.5 Å². The smallest absolute Gasteiger partial charge is 0.149 e. The Morgan fingerprint density at radius 1 is 1.37 bits per heavy atom. The number of fused-ring (bicyclic) bond motifs is 1. The highest BCUT2D eigenvalue weighted by Crippen LogP contribution is 2.18. The molecule has 1 aliphatic heterocycles. The zero-order chi connectivity index (χ0) is 13.1. The summed E-state index contributed by atoms with van der Waals surface area (Å²) in [7, 11) is 0. The Kier molecular flexibility index (Phi) is 3.89. The molecular weight excluding hydrogens is 258 g/mol. The highest BCUT2D eigenvalue weighted by atomic mass is 32.1. The number of hydrogen-bond acceptors (Lipinski definition) is 5. The van der Waals surface area contributed by atoms with Crippen LogP contribution in [0.1, 0.15) is 49.6 Å². The number of nitrogens with one attached hydrogen (secondary N) is 1. The SMILES string of the molecule is CC(NCc1cscn1)c1nnc2n1CCCCC2. The fraction of sp³-hybridized carbons (Fsp3) is 0.615. The van der Waals surface area contributed by atoms with Gasteiger partial charge in [0.15, 0.2) is 0 Å². The maximum absolute atomic E-state index is 4.37. The van der Waals surface area contributed by atoms with Gasteiger partial charge in [-0.25, -0.2) is 4.98 Å². The third-order valence-corrected chi connectivity index (χ3v) is 4.23. The van der Waals surface area contributed by atoms with E-state index >= 15 is 0 Å². The highest BCUT2D eigenvalue weighted by Gasteiger charge is 2.18. The van der Waals surface area contributed by atoms with Crippen LogP contribution in [0.5, 0.6) is 0 Å². The number of nitrogens with zero attached hydrogens (tertiary/aromatic N) is 4. The van der Waals surface area contributed by atoms with Crippen molar-refractivity contribution in [1.82, 2.24) is 25.1 Å². The van der Waals surface area contributed by atoms with Crippen LogP contribution in [-0.4, -0.2) is 19.7 Å². The number of rotatable bonds is 4. The summed E-state index contributed by atoms with van der Waals surface area (Å²) in [5.74, 6) is 2.21. The van der Waals surface area contributed by atoms with E-state index in [0.29, 0.717) is 0 Å². The molecule has 102 valence electrons. The standard InChI is InChI=1S/C13H19N5S/c1-10(14-7-11-8-19-9-15-11)13-17-16-12-5-3-2-4-6-18(12)13/h8-10,14H,2-7H2,1H3. The van der Waals surface area contributed by atoms with Crippen molar-refractivity contribution in [1.29, 1.82) is 0 Å². The van der Waals surface area contributed by atoms with Crippen LogP contribution in [0.15, 0.2) is 10.9 Å². The van der Waals surface area contributed by atoms with Crippen LogP contribution in [-0.2, 0) is 19.5 Å². The molecule has 0 radical (unpaired) electrons. The minimum Gasteiger partial charge on any atom is -0.314 e. The molecule has 2 aromatic heterocycles. The first-order chi connectivity index (χ1) is 9.34. The van der Waals surface area contributed by atoms with Crippen LogP contribution in [0.3, 0.4) is 0 Å². The normalized spacial score (nSPS) is 16.9. The molecule has 0 aromatic carbocycles. The van der Waals surface area contributed by atoms with E-state index in [4.69, 9.17) is 0 Å². The summed E-state index contributed by atoms with van der Waals surface area (Å²) in [5.41, 5.74) is 2.96. The fourth-order valence-corrected chi connectivity index (χ4v) is 3.06. The van der Waals surface area contributed by atoms with E-state index in [1.165, 1.54) is 19.3 Å². The van der Waals surface area contributed by atoms with Gasteiger partial charge in [-0.05, 0) is 19.8 Å². The molecule has 0 saturated heterocycles. The predicted octanol–water partition coefficient (Wildman–Crippen LogP) is 2.31. The predicted molar refractivity (Wildman–Crippen MR) is 74.9 cm³/mol. The van der Waals surface area contributed by atoms with Crippen molar-refractivity contribution in [2.75, 3.05) is 0 Å². The molecule has 0 saturated carbocycles. The molecule has 1 N–H and O–H groups in total. The van der Waals surface area contributed by atoms with Gasteiger partial charge in [-0.3, -0.25) is 0 Å². The van der Waals surface area contributed by atoms with Crippen LogP contribution >= 0.6 is 11.3 Å². The summed E-state index contributed by atoms with van der Waals surface area (Å²) in [6.45, 7) is 3.99. The average molecular weight is 277 g/mol. The molecule has 0 spiro atoms. The highest BCUT2D eigenvalue weighted by molar-refractivity contribution is 7.07. The van der Waals surface area contributed by atoms with Crippen molar-refractivity contribution < 1.29 is 0 Å². The fourth-order valence-electron chi connectivity index (χ4n) is 2.50. The van der Waals surface area contributed by atoms with Gasteiger partial charge in [0.1, 0.15) is 11.6 Å². The van der Waals surface area contributed by atoms with E-state index in [-0.39, 0.29) is 6.04 Å². The van der Waals surface area contributed by atoms with Gasteiger partial charge in [-0.1, -0.05) is 6.42 Å². The van der Waals surface area contributed by atoms with E-state index in [9.17, 15) is 0 Å². The maximum atomic E-state index is 4.37. The van der Waals surface area contributed by atoms with Gasteiger partial charge in [0.2, 0.25) is 0 Å². The Bertz CT molecular complexity index is 519. The minimum atomic E-state index is 0.209. The van der Waals surface area contributed by atoms with E-state index in [1.54, 1.807) is 11.3 Å². The van der Waals surface area contributed by atoms with E-state index in [1.807, 2.05) is 5.51 Å². The zero-order valence-corrected chi connectivity index (χ0v) is 12.0. The van der Waals surface area contributed by atoms with E-state index in [0.717, 1.165) is 36.9 Å². The molecule has 19 heavy (non-hydrogen) atoms. The molecule has 3 rings (SSSR count). The van der Waals surface area contributed by atoms with Crippen LogP contribution in [0.4, 0.5) is 0 Å². The van der Waals surface area contributed by atoms with Crippen molar-refractivity contribution in [2.24, 2.45) is 0 Å². The van der Waals surface area contributed by atoms with E-state index in [2.05, 4.69) is 37.4 Å². The van der Waals surface area contributed by atoms with Crippen molar-refractivity contribution in [3.63, 3.8) is 0 Å². The number of hydrogen-bond donors (Lipinski definition) is 1. The Morgan fingerprint density at radius 2 is 2.32 bits per heavy atom. The summed E-state index contributed by atoms with van der Waals surface area (Å²) in [4.78, 5) is 4.29. The van der Waals surface area contributed by atoms with Crippen molar-refractivity contribution in [3.8, 4) is 0 Å². The Hall–Kier alpha value is -1.27. The van der Waals surface area contributed by atoms with Crippen LogP contribution in [0.2, 0.25) is 0 Å². The molecule has 0 bridgehead atoms. The molecule has 0 amide bonds. The zero-order valence-electron chi connectivity index (χ0n) is 11.2. The molecule has 1 atom stereocenters. The third-order valence-electron chi connectivity index (χ3n) is 3.60. The molecule has 0 aliphatic carbocycles. The summed E-state index contributed by atoms with van der Waals surface area (Å²) in [6.07, 6.45) is 4.82. The number of aromatic nitrogens is 4. The van der Waals surface area contributed by atoms with E-state index < -0.39 is 0 Å². The lowest BCUT2D eigenvalue weighted by Crippen LogP contribution is -2.22. The first-order valence-electron chi connectivity index (χ1n) is 6.87. The van der Waals surface area contributed by atoms with Crippen LogP contribution in [0.25, 0.3) is 0 Å².